The summed E-state index contributed by atoms with van der Waals surface area (Å²) in [5, 5.41) is 62.2. The number of amides is 2. The summed E-state index contributed by atoms with van der Waals surface area (Å²) in [6.45, 7) is 1.49. The van der Waals surface area contributed by atoms with Gasteiger partial charge in [0, 0.05) is 80.8 Å². The monoisotopic (exact) mass is 961 g/mol. The van der Waals surface area contributed by atoms with E-state index in [9.17, 15) is 59.1 Å². The first kappa shape index (κ1) is 50.0. The number of phenols is 1. The van der Waals surface area contributed by atoms with Crippen LogP contribution in [-0.2, 0) is 41.7 Å². The standard InChI is InChI=1S/C49H55N9O12/c1-22(59)36-42(64)39(57(4)5)30-19-25-18-29-34(56(2)3)20-33(40(62)38(29)41(63)37(25)44(66)49(30,70)43(36)65)52-35(61)16-13-27(60)12-15-32(47(68)69)53-46(67)24-8-10-26(11-9-24)58(6)21-23-7-14-31-28(17-23)45(50)55-48(51)54-31/h7-11,14,17,20,25,30,32,39,62-63,65,70H,12-13,15-16,18-19,21H2,1-6H3,(H,52,61)(H,53,67)(H,68,69)(H4,50,51,54,55)/t25-,30-,32-,39?,49+/m0/s1. The Morgan fingerprint density at radius 2 is 1.60 bits per heavy atom. The third-order valence-electron chi connectivity index (χ3n) is 13.3. The van der Waals surface area contributed by atoms with E-state index in [0.29, 0.717) is 28.7 Å². The topological polar surface area (TPSA) is 332 Å². The van der Waals surface area contributed by atoms with Gasteiger partial charge in [-0.15, -0.1) is 0 Å². The number of rotatable bonds is 16. The molecule has 21 nitrogen and oxygen atoms in total. The van der Waals surface area contributed by atoms with E-state index in [0.717, 1.165) is 18.2 Å². The van der Waals surface area contributed by atoms with Crippen molar-refractivity contribution >= 4 is 86.4 Å². The fourth-order valence-electron chi connectivity index (χ4n) is 9.83. The quantitative estimate of drug-likeness (QED) is 0.0576. The molecule has 0 aliphatic heterocycles. The number of fused-ring (bicyclic) bond motifs is 4. The van der Waals surface area contributed by atoms with Crippen LogP contribution in [0.25, 0.3) is 16.7 Å². The Morgan fingerprint density at radius 3 is 2.23 bits per heavy atom. The zero-order valence-corrected chi connectivity index (χ0v) is 39.4. The number of carbonyl (C=O) groups is 7. The predicted octanol–water partition coefficient (Wildman–Crippen LogP) is 2.83. The summed E-state index contributed by atoms with van der Waals surface area (Å²) in [5.74, 6) is -10.1. The molecule has 1 unspecified atom stereocenters. The lowest BCUT2D eigenvalue weighted by atomic mass is 9.57. The third-order valence-corrected chi connectivity index (χ3v) is 13.3. The predicted molar refractivity (Wildman–Crippen MR) is 258 cm³/mol. The second-order valence-corrected chi connectivity index (χ2v) is 18.4. The molecule has 0 spiro atoms. The van der Waals surface area contributed by atoms with Gasteiger partial charge in [-0.2, -0.15) is 4.98 Å². The molecule has 4 aromatic rings. The normalized spacial score (nSPS) is 20.1. The van der Waals surface area contributed by atoms with Gasteiger partial charge in [-0.1, -0.05) is 6.07 Å². The van der Waals surface area contributed by atoms with Crippen molar-refractivity contribution in [2.24, 2.45) is 11.8 Å². The lowest BCUT2D eigenvalue weighted by molar-refractivity contribution is -0.153. The van der Waals surface area contributed by atoms with Gasteiger partial charge < -0.3 is 57.4 Å². The first-order valence-electron chi connectivity index (χ1n) is 22.3. The molecule has 1 heterocycles. The van der Waals surface area contributed by atoms with E-state index in [4.69, 9.17) is 11.5 Å². The molecule has 0 saturated heterocycles. The maximum absolute atomic E-state index is 14.3. The zero-order valence-electron chi connectivity index (χ0n) is 39.4. The number of carbonyl (C=O) groups excluding carboxylic acids is 6. The highest BCUT2D eigenvalue weighted by Crippen LogP contribution is 2.54. The Bertz CT molecular complexity index is 2950. The fraction of sp³-hybridized carbons (Fsp3) is 0.367. The minimum atomic E-state index is -2.76. The van der Waals surface area contributed by atoms with Crippen molar-refractivity contribution in [1.82, 2.24) is 20.2 Å². The molecule has 70 heavy (non-hydrogen) atoms. The van der Waals surface area contributed by atoms with Crippen LogP contribution in [0.4, 0.5) is 28.8 Å². The van der Waals surface area contributed by atoms with Crippen LogP contribution >= 0.6 is 0 Å². The number of nitrogens with one attached hydrogen (secondary N) is 2. The van der Waals surface area contributed by atoms with Gasteiger partial charge in [0.05, 0.1) is 22.8 Å². The van der Waals surface area contributed by atoms with E-state index in [-0.39, 0.29) is 66.3 Å². The molecule has 0 radical (unpaired) electrons. The summed E-state index contributed by atoms with van der Waals surface area (Å²) in [6.07, 6.45) is -1.33. The van der Waals surface area contributed by atoms with Crippen molar-refractivity contribution in [3.8, 4) is 5.75 Å². The lowest BCUT2D eigenvalue weighted by Crippen LogP contribution is -2.65. The summed E-state index contributed by atoms with van der Waals surface area (Å²) >= 11 is 0. The van der Waals surface area contributed by atoms with Crippen LogP contribution in [0.1, 0.15) is 66.1 Å². The average molecular weight is 962 g/mol. The molecule has 2 amide bonds. The van der Waals surface area contributed by atoms with Crippen molar-refractivity contribution < 1.29 is 59.1 Å². The molecule has 21 heteroatoms. The highest BCUT2D eigenvalue weighted by atomic mass is 16.4. The van der Waals surface area contributed by atoms with Crippen LogP contribution in [0.15, 0.2) is 65.4 Å². The Labute approximate surface area is 401 Å². The zero-order chi connectivity index (χ0) is 51.3. The number of carboxylic acids is 1. The Morgan fingerprint density at radius 1 is 0.914 bits per heavy atom. The number of aliphatic hydroxyl groups is 3. The molecule has 1 saturated carbocycles. The lowest BCUT2D eigenvalue weighted by Gasteiger charge is -2.50. The minimum Gasteiger partial charge on any atom is -0.508 e. The molecular weight excluding hydrogens is 907 g/mol. The van der Waals surface area contributed by atoms with Crippen molar-refractivity contribution in [2.45, 2.75) is 69.7 Å². The summed E-state index contributed by atoms with van der Waals surface area (Å²) < 4.78 is 0. The molecular formula is C49H55N9O12. The van der Waals surface area contributed by atoms with Crippen LogP contribution in [0.3, 0.4) is 0 Å². The molecule has 3 aliphatic carbocycles. The summed E-state index contributed by atoms with van der Waals surface area (Å²) in [6, 6.07) is 10.9. The number of Topliss-reactive ketones (excluding diaryl/α,β-unsaturated/α-hetero) is 4. The van der Waals surface area contributed by atoms with Gasteiger partial charge in [-0.25, -0.2) is 9.78 Å². The molecule has 5 atom stereocenters. The van der Waals surface area contributed by atoms with E-state index in [1.54, 1.807) is 63.4 Å². The van der Waals surface area contributed by atoms with Gasteiger partial charge in [0.15, 0.2) is 17.2 Å². The molecule has 11 N–H and O–H groups in total. The van der Waals surface area contributed by atoms with Gasteiger partial charge in [-0.05, 0) is 99.8 Å². The van der Waals surface area contributed by atoms with Gasteiger partial charge >= 0.3 is 5.97 Å². The number of aromatic nitrogens is 2. The van der Waals surface area contributed by atoms with Gasteiger partial charge in [0.25, 0.3) is 5.91 Å². The number of nitrogens with zero attached hydrogens (tertiary/aromatic N) is 5. The SMILES string of the molecule is CC(=O)C1=C(O)[C@@]2(O)C(=O)C3=C(O)c4c(O)c(NC(=O)CCC(=O)CC[C@H](NC(=O)c5ccc(N(C)Cc6ccc7nc(N)nc(N)c7c6)cc5)C(=O)O)cc(N(C)C)c4C[C@H]3C[C@H]2C(N(C)C)C1=O. The van der Waals surface area contributed by atoms with Crippen molar-refractivity contribution in [3.05, 3.63) is 87.7 Å². The van der Waals surface area contributed by atoms with E-state index in [1.165, 1.54) is 11.0 Å². The summed E-state index contributed by atoms with van der Waals surface area (Å²) in [5.41, 5.74) is 10.8. The largest absolute Gasteiger partial charge is 0.508 e. The van der Waals surface area contributed by atoms with Crippen LogP contribution in [0.5, 0.6) is 5.75 Å². The number of likely N-dealkylation sites (N-methyl/N-ethyl adjacent to an activating group) is 1. The van der Waals surface area contributed by atoms with Crippen molar-refractivity contribution in [1.29, 1.82) is 0 Å². The van der Waals surface area contributed by atoms with Gasteiger partial charge in [0.2, 0.25) is 17.6 Å². The highest BCUT2D eigenvalue weighted by molar-refractivity contribution is 6.25. The Hall–Kier alpha value is -7.91. The van der Waals surface area contributed by atoms with Crippen LogP contribution in [0.2, 0.25) is 0 Å². The number of nitrogen functional groups attached to an aromatic ring is 2. The maximum atomic E-state index is 14.3. The van der Waals surface area contributed by atoms with Crippen molar-refractivity contribution in [3.63, 3.8) is 0 Å². The van der Waals surface area contributed by atoms with E-state index in [1.807, 2.05) is 24.1 Å². The average Bonchev–Trinajstić information content (AvgIpc) is 3.28. The third kappa shape index (κ3) is 9.19. The minimum absolute atomic E-state index is 0.0370. The molecule has 3 aliphatic rings. The molecule has 368 valence electrons. The van der Waals surface area contributed by atoms with Gasteiger partial charge in [-0.3, -0.25) is 33.7 Å². The first-order valence-corrected chi connectivity index (χ1v) is 22.3. The number of nitrogens with two attached hydrogens (primary N) is 2. The summed E-state index contributed by atoms with van der Waals surface area (Å²) in [7, 11) is 8.29. The number of aliphatic carboxylic acids is 1. The summed E-state index contributed by atoms with van der Waals surface area (Å²) in [4.78, 5) is 105. The number of hydrogen-bond acceptors (Lipinski definition) is 18. The number of aliphatic hydroxyl groups excluding tert-OH is 2. The molecule has 1 aromatic heterocycles. The smallest absolute Gasteiger partial charge is 0.326 e. The number of carboxylic acid groups (broad SMARTS) is 1. The number of hydrogen-bond donors (Lipinski definition) is 9. The van der Waals surface area contributed by atoms with E-state index >= 15 is 0 Å². The van der Waals surface area contributed by atoms with Crippen LogP contribution in [-0.4, -0.2) is 134 Å². The van der Waals surface area contributed by atoms with Crippen LogP contribution < -0.4 is 31.9 Å². The second-order valence-electron chi connectivity index (χ2n) is 18.4. The van der Waals surface area contributed by atoms with E-state index < -0.39 is 99.7 Å². The molecule has 0 bridgehead atoms. The maximum Gasteiger partial charge on any atom is 0.326 e. The molecule has 3 aromatic carbocycles. The number of ketones is 4. The second kappa shape index (κ2) is 19.2. The first-order chi connectivity index (χ1) is 32.9. The Kier molecular flexibility index (Phi) is 13.7. The molecule has 7 rings (SSSR count). The highest BCUT2D eigenvalue weighted by Gasteiger charge is 2.64. The van der Waals surface area contributed by atoms with Crippen molar-refractivity contribution in [2.75, 3.05) is 61.8 Å². The number of anilines is 5. The fourth-order valence-corrected chi connectivity index (χ4v) is 9.83. The van der Waals surface area contributed by atoms with Gasteiger partial charge in [0.1, 0.15) is 40.5 Å². The van der Waals surface area contributed by atoms with Crippen LogP contribution in [0, 0.1) is 11.8 Å². The molecule has 1 fully saturated rings. The Balaban J connectivity index is 0.983. The number of aromatic hydroxyl groups is 1. The van der Waals surface area contributed by atoms with E-state index in [2.05, 4.69) is 20.6 Å². The number of phenolic OH excluding ortho intramolecular Hbond substituents is 1. The number of benzene rings is 3.